The van der Waals surface area contributed by atoms with Crippen LogP contribution in [-0.2, 0) is 20.1 Å². The summed E-state index contributed by atoms with van der Waals surface area (Å²) >= 11 is 1.30. The number of nitrogens with two attached hydrogens (primary N) is 1. The second-order valence-corrected chi connectivity index (χ2v) is 5.90. The lowest BCUT2D eigenvalue weighted by molar-refractivity contribution is -0.140. The van der Waals surface area contributed by atoms with Crippen LogP contribution in [0.3, 0.4) is 0 Å². The highest BCUT2D eigenvalue weighted by Gasteiger charge is 2.18. The zero-order chi connectivity index (χ0) is 17.1. The molecule has 0 aliphatic rings. The number of carbonyl (C=O) groups excluding carboxylic acids is 2. The smallest absolute Gasteiger partial charge is 0.357 e. The van der Waals surface area contributed by atoms with Gasteiger partial charge in [0.05, 0.1) is 11.6 Å². The van der Waals surface area contributed by atoms with Gasteiger partial charge in [-0.05, 0) is 18.9 Å². The van der Waals surface area contributed by atoms with E-state index in [1.165, 1.54) is 11.8 Å². The van der Waals surface area contributed by atoms with Crippen LogP contribution in [0.15, 0.2) is 41.1 Å². The molecule has 0 radical (unpaired) electrons. The van der Waals surface area contributed by atoms with Crippen LogP contribution in [0.4, 0.5) is 0 Å². The quantitative estimate of drug-likeness (QED) is 0.535. The average molecular weight is 336 g/mol. The minimum atomic E-state index is -0.601. The van der Waals surface area contributed by atoms with E-state index >= 15 is 0 Å². The minimum absolute atomic E-state index is 0.0360. The number of hydrogen-bond acceptors (Lipinski definition) is 5. The molecule has 0 aromatic heterocycles. The van der Waals surface area contributed by atoms with Gasteiger partial charge in [-0.2, -0.15) is 0 Å². The predicted molar refractivity (Wildman–Crippen MR) is 93.3 cm³/mol. The molecule has 23 heavy (non-hydrogen) atoms. The van der Waals surface area contributed by atoms with E-state index in [0.717, 1.165) is 18.4 Å². The van der Waals surface area contributed by atoms with Gasteiger partial charge in [-0.15, -0.1) is 11.8 Å². The first-order valence-electron chi connectivity index (χ1n) is 7.71. The molecule has 1 rings (SSSR count). The largest absolute Gasteiger partial charge is 0.461 e. The number of hydrogen-bond donors (Lipinski definition) is 2. The molecule has 0 saturated heterocycles. The molecule has 0 unspecified atom stereocenters. The van der Waals surface area contributed by atoms with E-state index in [1.54, 1.807) is 6.92 Å². The van der Waals surface area contributed by atoms with Gasteiger partial charge in [0.1, 0.15) is 0 Å². The highest BCUT2D eigenvalue weighted by Crippen LogP contribution is 2.20. The summed E-state index contributed by atoms with van der Waals surface area (Å²) in [5.74, 6) is -0.214. The predicted octanol–water partition coefficient (Wildman–Crippen LogP) is 2.92. The Morgan fingerprint density at radius 3 is 2.52 bits per heavy atom. The van der Waals surface area contributed by atoms with E-state index in [1.807, 2.05) is 37.3 Å². The number of amides is 1. The highest BCUT2D eigenvalue weighted by molar-refractivity contribution is 8.02. The van der Waals surface area contributed by atoms with Gasteiger partial charge in [0.2, 0.25) is 5.91 Å². The lowest BCUT2D eigenvalue weighted by Crippen LogP contribution is -2.31. The third-order valence-electron chi connectivity index (χ3n) is 2.98. The molecule has 126 valence electrons. The number of unbranched alkanes of at least 4 members (excludes halogenated alkanes) is 1. The maximum absolute atomic E-state index is 12.0. The summed E-state index contributed by atoms with van der Waals surface area (Å²) in [4.78, 5) is 23.9. The zero-order valence-corrected chi connectivity index (χ0v) is 14.4. The van der Waals surface area contributed by atoms with Crippen LogP contribution in [0.1, 0.15) is 38.7 Å². The van der Waals surface area contributed by atoms with Crippen molar-refractivity contribution in [2.75, 3.05) is 6.61 Å². The molecule has 0 aliphatic heterocycles. The van der Waals surface area contributed by atoms with Crippen molar-refractivity contribution in [1.82, 2.24) is 5.32 Å². The summed E-state index contributed by atoms with van der Waals surface area (Å²) in [7, 11) is 0. The molecule has 0 spiro atoms. The minimum Gasteiger partial charge on any atom is -0.461 e. The van der Waals surface area contributed by atoms with Crippen molar-refractivity contribution in [2.45, 2.75) is 38.9 Å². The van der Waals surface area contributed by atoms with Crippen molar-refractivity contribution in [2.24, 2.45) is 5.73 Å². The molecule has 1 aromatic rings. The van der Waals surface area contributed by atoms with E-state index in [-0.39, 0.29) is 23.2 Å². The molecule has 0 fully saturated rings. The van der Waals surface area contributed by atoms with Crippen LogP contribution in [-0.4, -0.2) is 18.5 Å². The Labute approximate surface area is 141 Å². The molecule has 5 nitrogen and oxygen atoms in total. The Bertz CT molecular complexity index is 544. The van der Waals surface area contributed by atoms with Gasteiger partial charge >= 0.3 is 5.97 Å². The van der Waals surface area contributed by atoms with E-state index in [9.17, 15) is 9.59 Å². The lowest BCUT2D eigenvalue weighted by atomic mass is 10.2. The Kier molecular flexibility index (Phi) is 8.90. The van der Waals surface area contributed by atoms with Gasteiger partial charge < -0.3 is 15.8 Å². The van der Waals surface area contributed by atoms with Gasteiger partial charge in [-0.1, -0.05) is 43.7 Å². The molecular weight excluding hydrogens is 312 g/mol. The van der Waals surface area contributed by atoms with Crippen molar-refractivity contribution >= 4 is 23.6 Å². The standard InChI is InChI=1S/C17H24N2O3S/c1-3-5-11-14(20)19-15(17(21)22-4-2)16(18)23-12-13-9-7-6-8-10-13/h6-10H,3-5,11-12,18H2,1-2H3,(H,19,20)/b16-15+. The van der Waals surface area contributed by atoms with Crippen LogP contribution in [0, 0.1) is 0 Å². The van der Waals surface area contributed by atoms with E-state index < -0.39 is 5.97 Å². The van der Waals surface area contributed by atoms with Crippen LogP contribution in [0.25, 0.3) is 0 Å². The van der Waals surface area contributed by atoms with Gasteiger partial charge in [-0.3, -0.25) is 4.79 Å². The summed E-state index contributed by atoms with van der Waals surface area (Å²) in [6, 6.07) is 9.77. The monoisotopic (exact) mass is 336 g/mol. The normalized spacial score (nSPS) is 11.6. The van der Waals surface area contributed by atoms with Crippen molar-refractivity contribution in [1.29, 1.82) is 0 Å². The Hall–Kier alpha value is -1.95. The number of thioether (sulfide) groups is 1. The van der Waals surface area contributed by atoms with E-state index in [4.69, 9.17) is 10.5 Å². The van der Waals surface area contributed by atoms with Crippen LogP contribution >= 0.6 is 11.8 Å². The fraction of sp³-hybridized carbons (Fsp3) is 0.412. The molecule has 0 heterocycles. The first-order chi connectivity index (χ1) is 11.1. The first-order valence-corrected chi connectivity index (χ1v) is 8.70. The SMILES string of the molecule is CCCCC(=O)N/C(C(=O)OCC)=C(\N)SCc1ccccc1. The zero-order valence-electron chi connectivity index (χ0n) is 13.6. The molecule has 1 amide bonds. The molecule has 6 heteroatoms. The number of ether oxygens (including phenoxy) is 1. The molecule has 1 aromatic carbocycles. The third-order valence-corrected chi connectivity index (χ3v) is 3.98. The first kappa shape index (κ1) is 19.1. The van der Waals surface area contributed by atoms with Crippen LogP contribution < -0.4 is 11.1 Å². The van der Waals surface area contributed by atoms with Crippen molar-refractivity contribution in [3.63, 3.8) is 0 Å². The Balaban J connectivity index is 2.78. The maximum Gasteiger partial charge on any atom is 0.357 e. The molecule has 0 aliphatic carbocycles. The maximum atomic E-state index is 12.0. The van der Waals surface area contributed by atoms with Gasteiger partial charge in [0.25, 0.3) is 0 Å². The summed E-state index contributed by atoms with van der Waals surface area (Å²) in [5.41, 5.74) is 7.12. The van der Waals surface area contributed by atoms with Gasteiger partial charge in [-0.25, -0.2) is 4.79 Å². The van der Waals surface area contributed by atoms with E-state index in [0.29, 0.717) is 12.2 Å². The van der Waals surface area contributed by atoms with E-state index in [2.05, 4.69) is 5.32 Å². The average Bonchev–Trinajstić information content (AvgIpc) is 2.56. The second-order valence-electron chi connectivity index (χ2n) is 4.89. The molecule has 0 bridgehead atoms. The highest BCUT2D eigenvalue weighted by atomic mass is 32.2. The number of carbonyl (C=O) groups is 2. The Morgan fingerprint density at radius 2 is 1.91 bits per heavy atom. The number of esters is 1. The molecule has 3 N–H and O–H groups in total. The number of benzene rings is 1. The molecule has 0 atom stereocenters. The van der Waals surface area contributed by atoms with Gasteiger partial charge in [0.15, 0.2) is 5.70 Å². The Morgan fingerprint density at radius 1 is 1.22 bits per heavy atom. The topological polar surface area (TPSA) is 81.4 Å². The van der Waals surface area contributed by atoms with Crippen LogP contribution in [0.5, 0.6) is 0 Å². The summed E-state index contributed by atoms with van der Waals surface area (Å²) in [5, 5.41) is 2.85. The second kappa shape index (κ2) is 10.7. The van der Waals surface area contributed by atoms with Crippen LogP contribution in [0.2, 0.25) is 0 Å². The number of nitrogens with one attached hydrogen (secondary N) is 1. The summed E-state index contributed by atoms with van der Waals surface area (Å²) < 4.78 is 4.98. The summed E-state index contributed by atoms with van der Waals surface area (Å²) in [6.45, 7) is 3.94. The van der Waals surface area contributed by atoms with Gasteiger partial charge in [0, 0.05) is 12.2 Å². The van der Waals surface area contributed by atoms with Crippen molar-refractivity contribution in [3.05, 3.63) is 46.6 Å². The fourth-order valence-corrected chi connectivity index (χ4v) is 2.56. The van der Waals surface area contributed by atoms with Crippen molar-refractivity contribution < 1.29 is 14.3 Å². The van der Waals surface area contributed by atoms with Crippen molar-refractivity contribution in [3.8, 4) is 0 Å². The molecule has 0 saturated carbocycles. The molecular formula is C17H24N2O3S. The third kappa shape index (κ3) is 7.23. The lowest BCUT2D eigenvalue weighted by Gasteiger charge is -2.12. The fourth-order valence-electron chi connectivity index (χ4n) is 1.76. The summed E-state index contributed by atoms with van der Waals surface area (Å²) in [6.07, 6.45) is 2.03. The number of rotatable bonds is 9.